The average molecular weight is 554 g/mol. The summed E-state index contributed by atoms with van der Waals surface area (Å²) in [6.45, 7) is 12.4. The second kappa shape index (κ2) is 10.8. The molecule has 9 heteroatoms. The van der Waals surface area contributed by atoms with E-state index in [1.165, 1.54) is 4.88 Å². The van der Waals surface area contributed by atoms with Gasteiger partial charge in [0.2, 0.25) is 0 Å². The molecular weight excluding hydrogens is 518 g/mol. The molecule has 3 N–H and O–H groups in total. The van der Waals surface area contributed by atoms with Crippen LogP contribution in [-0.4, -0.2) is 40.7 Å². The van der Waals surface area contributed by atoms with Crippen LogP contribution in [0.4, 0.5) is 27.0 Å². The quantitative estimate of drug-likeness (QED) is 0.284. The lowest BCUT2D eigenvalue weighted by molar-refractivity contribution is 0.228. The second-order valence-corrected chi connectivity index (χ2v) is 12.2. The van der Waals surface area contributed by atoms with Gasteiger partial charge in [0.05, 0.1) is 22.8 Å². The molecule has 0 aliphatic carbocycles. The fourth-order valence-corrected chi connectivity index (χ4v) is 7.26. The topological polar surface area (TPSA) is 80.7 Å². The van der Waals surface area contributed by atoms with Gasteiger partial charge < -0.3 is 15.3 Å². The highest BCUT2D eigenvalue weighted by molar-refractivity contribution is 7.15. The van der Waals surface area contributed by atoms with Crippen LogP contribution in [0.3, 0.4) is 0 Å². The number of aromatic nitrogens is 1. The molecule has 0 atom stereocenters. The molecule has 2 amide bonds. The van der Waals surface area contributed by atoms with Crippen molar-refractivity contribution in [3.63, 3.8) is 0 Å². The zero-order chi connectivity index (χ0) is 27.0. The van der Waals surface area contributed by atoms with Gasteiger partial charge in [0.1, 0.15) is 5.75 Å². The number of phenolic OH excluding ortho intramolecular Hbond substituents is 1. The monoisotopic (exact) mass is 553 g/mol. The normalized spacial score (nSPS) is 16.4. The van der Waals surface area contributed by atoms with Crippen LogP contribution < -0.4 is 15.5 Å². The molecular formula is C29H36ClN5O2S. The Morgan fingerprint density at radius 1 is 1.18 bits per heavy atom. The van der Waals surface area contributed by atoms with Crippen molar-refractivity contribution in [2.24, 2.45) is 5.92 Å². The minimum absolute atomic E-state index is 0.187. The maximum atomic E-state index is 13.1. The number of nitrogens with zero attached hydrogens (tertiary/aromatic N) is 3. The van der Waals surface area contributed by atoms with Crippen LogP contribution in [0.2, 0.25) is 5.02 Å². The Labute approximate surface area is 233 Å². The number of rotatable bonds is 7. The maximum Gasteiger partial charge on any atom is 0.325 e. The van der Waals surface area contributed by atoms with Crippen LogP contribution in [-0.2, 0) is 18.4 Å². The average Bonchev–Trinajstić information content (AvgIpc) is 3.45. The molecule has 0 spiro atoms. The lowest BCUT2D eigenvalue weighted by Crippen LogP contribution is -2.32. The van der Waals surface area contributed by atoms with Crippen molar-refractivity contribution in [3.05, 3.63) is 57.6 Å². The van der Waals surface area contributed by atoms with E-state index in [-0.39, 0.29) is 17.2 Å². The number of amides is 2. The number of phenols is 1. The Kier molecular flexibility index (Phi) is 7.58. The number of aromatic hydroxyl groups is 1. The first-order valence-corrected chi connectivity index (χ1v) is 14.6. The zero-order valence-corrected chi connectivity index (χ0v) is 24.0. The molecule has 7 nitrogen and oxygen atoms in total. The number of para-hydroxylation sites is 2. The molecule has 202 valence electrons. The van der Waals surface area contributed by atoms with Gasteiger partial charge >= 0.3 is 6.03 Å². The molecule has 0 saturated carbocycles. The third kappa shape index (κ3) is 4.97. The first kappa shape index (κ1) is 26.8. The largest absolute Gasteiger partial charge is 0.506 e. The summed E-state index contributed by atoms with van der Waals surface area (Å²) in [4.78, 5) is 23.6. The van der Waals surface area contributed by atoms with Gasteiger partial charge in [-0.05, 0) is 43.0 Å². The number of fused-ring (bicyclic) bond motifs is 2. The molecule has 0 radical (unpaired) electrons. The number of benzene rings is 2. The molecule has 0 fully saturated rings. The highest BCUT2D eigenvalue weighted by Crippen LogP contribution is 2.55. The Morgan fingerprint density at radius 2 is 1.95 bits per heavy atom. The molecule has 2 aliphatic heterocycles. The van der Waals surface area contributed by atoms with Crippen LogP contribution in [0, 0.1) is 5.92 Å². The van der Waals surface area contributed by atoms with Crippen molar-refractivity contribution in [1.29, 1.82) is 0 Å². The number of carbonyl (C=O) groups excluding carboxylic acids is 1. The number of thiazole rings is 1. The van der Waals surface area contributed by atoms with E-state index in [0.29, 0.717) is 28.3 Å². The SMILES string of the molecule is CCC1(CC)CN(c2ccccc2NC(=O)Nc2nc3c(s2)CN(CC(C)C)CC3)c2c(O)ccc(Cl)c21. The standard InChI is InChI=1S/C29H36ClN5O2S/c1-5-29(6-2)17-35(26-23(36)12-11-19(30)25(26)29)22-10-8-7-9-20(22)31-27(37)33-28-32-21-13-14-34(15-18(3)4)16-24(21)38-28/h7-12,18,36H,5-6,13-17H2,1-4H3,(H2,31,32,33,37). The van der Waals surface area contributed by atoms with Crippen LogP contribution in [0.1, 0.15) is 56.7 Å². The van der Waals surface area contributed by atoms with Crippen molar-refractivity contribution in [1.82, 2.24) is 9.88 Å². The second-order valence-electron chi connectivity index (χ2n) is 10.7. The predicted molar refractivity (Wildman–Crippen MR) is 157 cm³/mol. The summed E-state index contributed by atoms with van der Waals surface area (Å²) in [5.74, 6) is 0.806. The first-order valence-electron chi connectivity index (χ1n) is 13.4. The zero-order valence-electron chi connectivity index (χ0n) is 22.5. The number of hydrogen-bond donors (Lipinski definition) is 3. The Hall–Kier alpha value is -2.81. The fourth-order valence-electron chi connectivity index (χ4n) is 5.87. The van der Waals surface area contributed by atoms with E-state index in [1.54, 1.807) is 23.5 Å². The van der Waals surface area contributed by atoms with Gasteiger partial charge in [-0.1, -0.05) is 51.4 Å². The van der Waals surface area contributed by atoms with Crippen LogP contribution in [0.5, 0.6) is 5.75 Å². The van der Waals surface area contributed by atoms with Gasteiger partial charge in [0.15, 0.2) is 5.13 Å². The highest BCUT2D eigenvalue weighted by Gasteiger charge is 2.44. The minimum Gasteiger partial charge on any atom is -0.506 e. The molecule has 2 aromatic carbocycles. The fraction of sp³-hybridized carbons (Fsp3) is 0.448. The third-order valence-corrected chi connectivity index (χ3v) is 9.13. The Balaban J connectivity index is 1.37. The van der Waals surface area contributed by atoms with E-state index >= 15 is 0 Å². The van der Waals surface area contributed by atoms with Gasteiger partial charge in [-0.25, -0.2) is 9.78 Å². The van der Waals surface area contributed by atoms with Gasteiger partial charge in [0.25, 0.3) is 0 Å². The molecule has 0 bridgehead atoms. The smallest absolute Gasteiger partial charge is 0.325 e. The summed E-state index contributed by atoms with van der Waals surface area (Å²) in [5, 5.41) is 18.2. The van der Waals surface area contributed by atoms with Crippen LogP contribution >= 0.6 is 22.9 Å². The summed E-state index contributed by atoms with van der Waals surface area (Å²) in [7, 11) is 0. The molecule has 5 rings (SSSR count). The number of hydrogen-bond acceptors (Lipinski definition) is 6. The minimum atomic E-state index is -0.338. The molecule has 0 unspecified atom stereocenters. The first-order chi connectivity index (χ1) is 18.2. The predicted octanol–water partition coefficient (Wildman–Crippen LogP) is 7.37. The number of anilines is 4. The van der Waals surface area contributed by atoms with E-state index in [4.69, 9.17) is 16.6 Å². The number of urea groups is 1. The van der Waals surface area contributed by atoms with Crippen molar-refractivity contribution >= 4 is 51.2 Å². The van der Waals surface area contributed by atoms with Gasteiger partial charge in [-0.3, -0.25) is 10.2 Å². The number of carbonyl (C=O) groups is 1. The van der Waals surface area contributed by atoms with E-state index in [1.807, 2.05) is 24.3 Å². The van der Waals surface area contributed by atoms with Crippen molar-refractivity contribution in [3.8, 4) is 5.75 Å². The number of halogens is 1. The maximum absolute atomic E-state index is 13.1. The molecule has 2 aliphatic rings. The summed E-state index contributed by atoms with van der Waals surface area (Å²) >= 11 is 8.25. The van der Waals surface area contributed by atoms with Crippen LogP contribution in [0.15, 0.2) is 36.4 Å². The Morgan fingerprint density at radius 3 is 2.68 bits per heavy atom. The third-order valence-electron chi connectivity index (χ3n) is 7.82. The van der Waals surface area contributed by atoms with E-state index in [9.17, 15) is 9.90 Å². The number of nitrogens with one attached hydrogen (secondary N) is 2. The van der Waals surface area contributed by atoms with E-state index < -0.39 is 0 Å². The molecule has 38 heavy (non-hydrogen) atoms. The molecule has 3 aromatic rings. The molecule has 0 saturated heterocycles. The Bertz CT molecular complexity index is 1340. The molecule has 3 heterocycles. The van der Waals surface area contributed by atoms with E-state index in [2.05, 4.69) is 48.1 Å². The van der Waals surface area contributed by atoms with Crippen molar-refractivity contribution in [2.75, 3.05) is 35.2 Å². The summed E-state index contributed by atoms with van der Waals surface area (Å²) < 4.78 is 0. The lowest BCUT2D eigenvalue weighted by Gasteiger charge is -2.29. The van der Waals surface area contributed by atoms with Gasteiger partial charge in [-0.15, -0.1) is 11.3 Å². The van der Waals surface area contributed by atoms with Crippen molar-refractivity contribution in [2.45, 2.75) is 58.9 Å². The molecule has 1 aromatic heterocycles. The lowest BCUT2D eigenvalue weighted by atomic mass is 9.77. The summed E-state index contributed by atoms with van der Waals surface area (Å²) in [6.07, 6.45) is 2.67. The summed E-state index contributed by atoms with van der Waals surface area (Å²) in [5.41, 5.74) is 4.06. The van der Waals surface area contributed by atoms with Gasteiger partial charge in [-0.2, -0.15) is 0 Å². The van der Waals surface area contributed by atoms with Crippen LogP contribution in [0.25, 0.3) is 0 Å². The van der Waals surface area contributed by atoms with Gasteiger partial charge in [0, 0.05) is 53.5 Å². The van der Waals surface area contributed by atoms with E-state index in [0.717, 1.165) is 61.5 Å². The summed E-state index contributed by atoms with van der Waals surface area (Å²) in [6, 6.07) is 10.8. The van der Waals surface area contributed by atoms with Crippen molar-refractivity contribution < 1.29 is 9.90 Å². The highest BCUT2D eigenvalue weighted by atomic mass is 35.5.